The molecule has 3 aromatic rings. The summed E-state index contributed by atoms with van der Waals surface area (Å²) in [4.78, 5) is 39.3. The Morgan fingerprint density at radius 3 is 2.43 bits per heavy atom. The molecule has 28 heavy (non-hydrogen) atoms. The van der Waals surface area contributed by atoms with Gasteiger partial charge in [0, 0.05) is 23.1 Å². The molecule has 0 spiro atoms. The first-order chi connectivity index (χ1) is 13.4. The molecule has 0 aliphatic carbocycles. The smallest absolute Gasteiger partial charge is 0.322 e. The molecule has 2 aromatic heterocycles. The molecule has 9 heteroatoms. The van der Waals surface area contributed by atoms with E-state index in [0.29, 0.717) is 23.0 Å². The van der Waals surface area contributed by atoms with Crippen LogP contribution in [0.15, 0.2) is 41.2 Å². The van der Waals surface area contributed by atoms with Gasteiger partial charge < -0.3 is 15.0 Å². The van der Waals surface area contributed by atoms with E-state index in [1.54, 1.807) is 24.3 Å². The normalized spacial score (nSPS) is 10.5. The van der Waals surface area contributed by atoms with E-state index in [-0.39, 0.29) is 17.3 Å². The summed E-state index contributed by atoms with van der Waals surface area (Å²) in [5, 5.41) is 2.72. The molecule has 2 heterocycles. The number of ether oxygens (including phenoxy) is 1. The number of nitrogens with one attached hydrogen (secondary N) is 2. The number of H-pyrrole nitrogens is 1. The monoisotopic (exact) mass is 397 g/mol. The average Bonchev–Trinajstić information content (AvgIpc) is 2.62. The number of aromatic amines is 1. The second-order valence-corrected chi connectivity index (χ2v) is 6.89. The lowest BCUT2D eigenvalue weighted by atomic mass is 10.3. The van der Waals surface area contributed by atoms with Crippen molar-refractivity contribution in [3.05, 3.63) is 69.7 Å². The van der Waals surface area contributed by atoms with Crippen molar-refractivity contribution in [2.75, 3.05) is 11.6 Å². The molecule has 8 nitrogen and oxygen atoms in total. The number of aromatic nitrogens is 4. The molecule has 1 aromatic carbocycles. The van der Waals surface area contributed by atoms with E-state index in [4.69, 9.17) is 4.74 Å². The molecule has 0 aliphatic heterocycles. The summed E-state index contributed by atoms with van der Waals surface area (Å²) in [6.45, 7) is 3.74. The Hall–Kier alpha value is -3.20. The lowest BCUT2D eigenvalue weighted by molar-refractivity contribution is 0.102. The molecule has 0 radical (unpaired) electrons. The van der Waals surface area contributed by atoms with E-state index in [0.717, 1.165) is 11.4 Å². The molecule has 0 fully saturated rings. The fourth-order valence-electron chi connectivity index (χ4n) is 2.48. The number of carbonyl (C=O) groups is 1. The number of anilines is 1. The fraction of sp³-hybridized carbons (Fsp3) is 0.211. The predicted molar refractivity (Wildman–Crippen MR) is 108 cm³/mol. The number of nitrogens with zero attached hydrogens (tertiary/aromatic N) is 3. The maximum absolute atomic E-state index is 12.4. The van der Waals surface area contributed by atoms with E-state index in [9.17, 15) is 9.59 Å². The molecule has 144 valence electrons. The Bertz CT molecular complexity index is 1030. The van der Waals surface area contributed by atoms with Crippen LogP contribution in [-0.4, -0.2) is 32.1 Å². The van der Waals surface area contributed by atoms with Crippen LogP contribution in [0, 0.1) is 13.8 Å². The summed E-state index contributed by atoms with van der Waals surface area (Å²) in [5.74, 6) is 1.06. The molecule has 3 rings (SSSR count). The van der Waals surface area contributed by atoms with E-state index >= 15 is 0 Å². The first kappa shape index (κ1) is 19.6. The maximum Gasteiger partial charge on any atom is 0.322 e. The highest BCUT2D eigenvalue weighted by Crippen LogP contribution is 2.21. The summed E-state index contributed by atoms with van der Waals surface area (Å²) >= 11 is 1.50. The number of thioether (sulfide) groups is 1. The van der Waals surface area contributed by atoms with Gasteiger partial charge in [-0.05, 0) is 50.4 Å². The summed E-state index contributed by atoms with van der Waals surface area (Å²) in [6, 6.07) is 10.1. The van der Waals surface area contributed by atoms with Crippen LogP contribution in [0.5, 0.6) is 11.8 Å². The molecule has 1 amide bonds. The highest BCUT2D eigenvalue weighted by Gasteiger charge is 2.11. The van der Waals surface area contributed by atoms with Crippen LogP contribution in [0.4, 0.5) is 5.69 Å². The van der Waals surface area contributed by atoms with Crippen molar-refractivity contribution in [1.82, 2.24) is 19.9 Å². The van der Waals surface area contributed by atoms with Gasteiger partial charge in [-0.3, -0.25) is 9.59 Å². The lowest BCUT2D eigenvalue weighted by Gasteiger charge is -2.08. The van der Waals surface area contributed by atoms with Gasteiger partial charge in [-0.25, -0.2) is 15.0 Å². The van der Waals surface area contributed by atoms with E-state index < -0.39 is 5.91 Å². The third-order valence-corrected chi connectivity index (χ3v) is 4.15. The average molecular weight is 397 g/mol. The number of hydrogen-bond acceptors (Lipinski definition) is 7. The lowest BCUT2D eigenvalue weighted by Crippen LogP contribution is -2.20. The zero-order valence-corrected chi connectivity index (χ0v) is 16.5. The summed E-state index contributed by atoms with van der Waals surface area (Å²) in [7, 11) is 0. The molecule has 2 N–H and O–H groups in total. The minimum atomic E-state index is -0.459. The zero-order valence-electron chi connectivity index (χ0n) is 15.6. The number of benzene rings is 1. The summed E-state index contributed by atoms with van der Waals surface area (Å²) in [5.41, 5.74) is 1.89. The number of aryl methyl sites for hydroxylation is 2. The van der Waals surface area contributed by atoms with Crippen molar-refractivity contribution >= 4 is 23.4 Å². The maximum atomic E-state index is 12.4. The predicted octanol–water partition coefficient (Wildman–Crippen LogP) is 3.08. The van der Waals surface area contributed by atoms with Gasteiger partial charge in [0.1, 0.15) is 17.3 Å². The highest BCUT2D eigenvalue weighted by atomic mass is 32.2. The van der Waals surface area contributed by atoms with Crippen molar-refractivity contribution in [2.24, 2.45) is 0 Å². The van der Waals surface area contributed by atoms with Gasteiger partial charge >= 0.3 is 6.01 Å². The Morgan fingerprint density at radius 2 is 1.79 bits per heavy atom. The number of hydrogen-bond donors (Lipinski definition) is 2. The second-order valence-electron chi connectivity index (χ2n) is 6.02. The van der Waals surface area contributed by atoms with Crippen LogP contribution < -0.4 is 15.6 Å². The molecule has 0 atom stereocenters. The molecular formula is C19H19N5O3S. The Labute approximate surface area is 165 Å². The number of rotatable bonds is 6. The molecule has 0 bridgehead atoms. The highest BCUT2D eigenvalue weighted by molar-refractivity contribution is 7.97. The van der Waals surface area contributed by atoms with Crippen LogP contribution in [0.1, 0.15) is 27.7 Å². The van der Waals surface area contributed by atoms with E-state index in [1.807, 2.05) is 26.2 Å². The Balaban J connectivity index is 1.70. The van der Waals surface area contributed by atoms with Gasteiger partial charge in [-0.2, -0.15) is 11.8 Å². The third-order valence-electron chi connectivity index (χ3n) is 3.59. The standard InChI is InChI=1S/C19H19N5O3S/c1-11-8-12(2)21-19(20-11)27-14-6-4-13(5-7-14)22-18(26)15-9-17(25)24-16(23-15)10-28-3/h4-9H,10H2,1-3H3,(H,22,26)(H,23,24,25). The van der Waals surface area contributed by atoms with Crippen molar-refractivity contribution in [1.29, 1.82) is 0 Å². The van der Waals surface area contributed by atoms with Gasteiger partial charge in [-0.15, -0.1) is 0 Å². The first-order valence-electron chi connectivity index (χ1n) is 8.43. The van der Waals surface area contributed by atoms with Crippen LogP contribution in [0.2, 0.25) is 0 Å². The van der Waals surface area contributed by atoms with Crippen molar-refractivity contribution < 1.29 is 9.53 Å². The van der Waals surface area contributed by atoms with Crippen LogP contribution in [-0.2, 0) is 5.75 Å². The fourth-order valence-corrected chi connectivity index (χ4v) is 2.89. The quantitative estimate of drug-likeness (QED) is 0.658. The molecule has 0 unspecified atom stereocenters. The number of carbonyl (C=O) groups excluding carboxylic acids is 1. The minimum absolute atomic E-state index is 0.0664. The van der Waals surface area contributed by atoms with E-state index in [1.165, 1.54) is 17.8 Å². The van der Waals surface area contributed by atoms with E-state index in [2.05, 4.69) is 25.3 Å². The summed E-state index contributed by atoms with van der Waals surface area (Å²) in [6.07, 6.45) is 1.89. The Kier molecular flexibility index (Phi) is 6.05. The first-order valence-corrected chi connectivity index (χ1v) is 9.83. The van der Waals surface area contributed by atoms with Crippen LogP contribution in [0.3, 0.4) is 0 Å². The van der Waals surface area contributed by atoms with Gasteiger partial charge in [0.05, 0.1) is 5.75 Å². The summed E-state index contributed by atoms with van der Waals surface area (Å²) < 4.78 is 5.65. The van der Waals surface area contributed by atoms with Crippen LogP contribution in [0.25, 0.3) is 0 Å². The van der Waals surface area contributed by atoms with Crippen molar-refractivity contribution in [3.8, 4) is 11.8 Å². The van der Waals surface area contributed by atoms with Gasteiger partial charge in [0.15, 0.2) is 0 Å². The third kappa shape index (κ3) is 5.17. The SMILES string of the molecule is CSCc1nc(C(=O)Nc2ccc(Oc3nc(C)cc(C)n3)cc2)cc(=O)[nH]1. The largest absolute Gasteiger partial charge is 0.424 e. The zero-order chi connectivity index (χ0) is 20.1. The van der Waals surface area contributed by atoms with Gasteiger partial charge in [0.25, 0.3) is 11.5 Å². The van der Waals surface area contributed by atoms with Gasteiger partial charge in [0.2, 0.25) is 0 Å². The van der Waals surface area contributed by atoms with Crippen LogP contribution >= 0.6 is 11.8 Å². The minimum Gasteiger partial charge on any atom is -0.424 e. The molecule has 0 saturated carbocycles. The second kappa shape index (κ2) is 8.66. The van der Waals surface area contributed by atoms with Crippen molar-refractivity contribution in [2.45, 2.75) is 19.6 Å². The molecule has 0 saturated heterocycles. The molecular weight excluding hydrogens is 378 g/mol. The number of amides is 1. The Morgan fingerprint density at radius 1 is 1.11 bits per heavy atom. The molecule has 0 aliphatic rings. The van der Waals surface area contributed by atoms with Crippen molar-refractivity contribution in [3.63, 3.8) is 0 Å². The topological polar surface area (TPSA) is 110 Å². The van der Waals surface area contributed by atoms with Gasteiger partial charge in [-0.1, -0.05) is 0 Å².